The number of rotatable bonds is 7. The Balaban J connectivity index is 0.000000775. The van der Waals surface area contributed by atoms with E-state index in [1.165, 1.54) is 29.5 Å². The number of nitrogens with one attached hydrogen (secondary N) is 3. The molecule has 0 aliphatic heterocycles. The number of fused-ring (bicyclic) bond motifs is 1. The lowest BCUT2D eigenvalue weighted by Gasteiger charge is -2.16. The molecule has 46 heavy (non-hydrogen) atoms. The Morgan fingerprint density at radius 2 is 1.78 bits per heavy atom. The Hall–Kier alpha value is -5.43. The standard InChI is InChI=1S/C28H20F2N8O2S.H2O4S/c1-15-5-6-16(26(40)37-28-33-11-12-41-28)13-18(15)23-17-7-8-22(39)38(24-19(29)3-2-4-20(24)30)25(17)36-27(35-23)34-14-21-31-9-10-32-21;1-5(2,3)4/h2-13H,14H2,1H3,(H,31,32)(H,33,37,40)(H,34,35,36);(H2,1,2,3,4). The highest BCUT2D eigenvalue weighted by atomic mass is 32.3. The molecule has 5 N–H and O–H groups in total. The molecule has 0 unspecified atom stereocenters. The summed E-state index contributed by atoms with van der Waals surface area (Å²) in [5, 5.41) is 8.36. The normalized spacial score (nSPS) is 11.2. The molecule has 18 heteroatoms. The molecule has 0 aliphatic carbocycles. The Kier molecular flexibility index (Phi) is 9.23. The predicted octanol–water partition coefficient (Wildman–Crippen LogP) is 4.43. The molecule has 236 valence electrons. The van der Waals surface area contributed by atoms with E-state index >= 15 is 0 Å². The number of aryl methyl sites for hydroxylation is 1. The van der Waals surface area contributed by atoms with Crippen LogP contribution in [0.1, 0.15) is 21.7 Å². The average molecular weight is 669 g/mol. The zero-order valence-corrected chi connectivity index (χ0v) is 25.1. The third kappa shape index (κ3) is 7.44. The van der Waals surface area contributed by atoms with E-state index < -0.39 is 33.3 Å². The maximum atomic E-state index is 14.9. The van der Waals surface area contributed by atoms with Crippen molar-refractivity contribution < 1.29 is 31.1 Å². The number of H-pyrrole nitrogens is 1. The number of pyridine rings is 1. The van der Waals surface area contributed by atoms with Crippen molar-refractivity contribution in [2.24, 2.45) is 0 Å². The van der Waals surface area contributed by atoms with Crippen LogP contribution in [0.25, 0.3) is 28.0 Å². The Labute approximate surface area is 262 Å². The number of benzene rings is 2. The summed E-state index contributed by atoms with van der Waals surface area (Å²) >= 11 is 1.29. The van der Waals surface area contributed by atoms with Crippen molar-refractivity contribution in [3.05, 3.63) is 111 Å². The van der Waals surface area contributed by atoms with Gasteiger partial charge in [-0.2, -0.15) is 13.4 Å². The van der Waals surface area contributed by atoms with Crippen molar-refractivity contribution in [2.45, 2.75) is 13.5 Å². The number of imidazole rings is 1. The van der Waals surface area contributed by atoms with Crippen LogP contribution in [-0.2, 0) is 16.9 Å². The molecular formula is C28H22F2N8O6S2. The number of halogens is 2. The number of thiazole rings is 1. The fourth-order valence-electron chi connectivity index (χ4n) is 4.35. The van der Waals surface area contributed by atoms with Crippen LogP contribution >= 0.6 is 11.3 Å². The van der Waals surface area contributed by atoms with Gasteiger partial charge in [-0.3, -0.25) is 28.6 Å². The number of amides is 1. The number of carbonyl (C=O) groups excluding carboxylic acids is 1. The van der Waals surface area contributed by atoms with E-state index in [2.05, 4.69) is 30.6 Å². The molecule has 0 spiro atoms. The molecule has 0 radical (unpaired) electrons. The van der Waals surface area contributed by atoms with Gasteiger partial charge in [0.15, 0.2) is 10.8 Å². The quantitative estimate of drug-likeness (QED) is 0.151. The maximum absolute atomic E-state index is 14.9. The van der Waals surface area contributed by atoms with Gasteiger partial charge in [0.1, 0.15) is 23.1 Å². The fraction of sp³-hybridized carbons (Fsp3) is 0.0714. The Morgan fingerprint density at radius 1 is 1.04 bits per heavy atom. The highest BCUT2D eigenvalue weighted by Crippen LogP contribution is 2.32. The van der Waals surface area contributed by atoms with E-state index in [1.807, 2.05) is 6.92 Å². The fourth-order valence-corrected chi connectivity index (χ4v) is 4.87. The second-order valence-electron chi connectivity index (χ2n) is 9.37. The van der Waals surface area contributed by atoms with Gasteiger partial charge in [-0.1, -0.05) is 12.1 Å². The molecule has 0 saturated heterocycles. The SMILES string of the molecule is Cc1ccc(C(=O)Nc2nccs2)cc1-c1nc(NCc2ncc[nH]2)nc2c1ccc(=O)n2-c1c(F)cccc1F.O=S(=O)(O)O. The molecule has 14 nitrogen and oxygen atoms in total. The van der Waals surface area contributed by atoms with Gasteiger partial charge >= 0.3 is 10.4 Å². The molecule has 0 atom stereocenters. The van der Waals surface area contributed by atoms with E-state index in [0.717, 1.165) is 22.3 Å². The van der Waals surface area contributed by atoms with Gasteiger partial charge < -0.3 is 10.3 Å². The van der Waals surface area contributed by atoms with Crippen molar-refractivity contribution in [3.8, 4) is 16.9 Å². The molecule has 2 aromatic carbocycles. The van der Waals surface area contributed by atoms with Crippen LogP contribution in [0, 0.1) is 18.6 Å². The van der Waals surface area contributed by atoms with Gasteiger partial charge in [0, 0.05) is 46.6 Å². The lowest BCUT2D eigenvalue weighted by molar-refractivity contribution is 0.102. The number of hydrogen-bond donors (Lipinski definition) is 5. The minimum Gasteiger partial charge on any atom is -0.347 e. The lowest BCUT2D eigenvalue weighted by Crippen LogP contribution is -2.21. The molecule has 0 fully saturated rings. The molecule has 4 aromatic heterocycles. The van der Waals surface area contributed by atoms with E-state index in [0.29, 0.717) is 33.2 Å². The van der Waals surface area contributed by atoms with Crippen molar-refractivity contribution >= 4 is 49.8 Å². The summed E-state index contributed by atoms with van der Waals surface area (Å²) in [5.74, 6) is -1.56. The molecule has 4 heterocycles. The summed E-state index contributed by atoms with van der Waals surface area (Å²) in [7, 11) is -4.67. The first kappa shape index (κ1) is 32.0. The summed E-state index contributed by atoms with van der Waals surface area (Å²) in [6.07, 6.45) is 4.84. The minimum atomic E-state index is -4.67. The second kappa shape index (κ2) is 13.3. The van der Waals surface area contributed by atoms with Crippen molar-refractivity contribution in [2.75, 3.05) is 10.6 Å². The summed E-state index contributed by atoms with van der Waals surface area (Å²) in [5.41, 5.74) is 0.752. The Morgan fingerprint density at radius 3 is 2.43 bits per heavy atom. The number of aromatic nitrogens is 6. The highest BCUT2D eigenvalue weighted by Gasteiger charge is 2.21. The van der Waals surface area contributed by atoms with Gasteiger partial charge in [0.2, 0.25) is 5.95 Å². The minimum absolute atomic E-state index is 0.0227. The van der Waals surface area contributed by atoms with Crippen LogP contribution in [0.2, 0.25) is 0 Å². The van der Waals surface area contributed by atoms with E-state index in [1.54, 1.807) is 42.2 Å². The zero-order valence-electron chi connectivity index (χ0n) is 23.5. The predicted molar refractivity (Wildman–Crippen MR) is 165 cm³/mol. The van der Waals surface area contributed by atoms with Crippen LogP contribution in [-0.4, -0.2) is 52.9 Å². The van der Waals surface area contributed by atoms with E-state index in [4.69, 9.17) is 22.5 Å². The first-order valence-electron chi connectivity index (χ1n) is 13.0. The number of para-hydroxylation sites is 1. The second-order valence-corrected chi connectivity index (χ2v) is 11.2. The first-order chi connectivity index (χ1) is 21.9. The topological polar surface area (TPSA) is 205 Å². The number of aromatic amines is 1. The van der Waals surface area contributed by atoms with Crippen LogP contribution in [0.3, 0.4) is 0 Å². The van der Waals surface area contributed by atoms with Crippen molar-refractivity contribution in [1.82, 2.24) is 29.5 Å². The molecule has 6 rings (SSSR count). The monoisotopic (exact) mass is 668 g/mol. The smallest absolute Gasteiger partial charge is 0.347 e. The van der Waals surface area contributed by atoms with Crippen LogP contribution < -0.4 is 16.2 Å². The number of carbonyl (C=O) groups is 1. The van der Waals surface area contributed by atoms with Gasteiger partial charge in [0.25, 0.3) is 11.5 Å². The lowest BCUT2D eigenvalue weighted by atomic mass is 9.99. The van der Waals surface area contributed by atoms with E-state index in [-0.39, 0.29) is 24.0 Å². The Bertz CT molecular complexity index is 2180. The number of anilines is 2. The van der Waals surface area contributed by atoms with Gasteiger partial charge in [-0.25, -0.2) is 23.7 Å². The van der Waals surface area contributed by atoms with Crippen LogP contribution in [0.5, 0.6) is 0 Å². The molecule has 0 saturated carbocycles. The molecular weight excluding hydrogens is 646 g/mol. The molecule has 1 amide bonds. The summed E-state index contributed by atoms with van der Waals surface area (Å²) in [6, 6.07) is 11.1. The van der Waals surface area contributed by atoms with Crippen LogP contribution in [0.4, 0.5) is 19.9 Å². The highest BCUT2D eigenvalue weighted by molar-refractivity contribution is 7.79. The summed E-state index contributed by atoms with van der Waals surface area (Å²) in [6.45, 7) is 2.05. The van der Waals surface area contributed by atoms with Crippen LogP contribution in [0.15, 0.2) is 77.3 Å². The molecule has 0 aliphatic rings. The van der Waals surface area contributed by atoms with Gasteiger partial charge in [0.05, 0.1) is 12.2 Å². The summed E-state index contributed by atoms with van der Waals surface area (Å²) < 4.78 is 62.4. The van der Waals surface area contributed by atoms with Gasteiger partial charge in [-0.15, -0.1) is 11.3 Å². The maximum Gasteiger partial charge on any atom is 0.394 e. The third-order valence-electron chi connectivity index (χ3n) is 6.29. The molecule has 0 bridgehead atoms. The zero-order chi connectivity index (χ0) is 33.0. The number of hydrogen-bond acceptors (Lipinski definition) is 10. The van der Waals surface area contributed by atoms with Gasteiger partial charge in [-0.05, 0) is 42.8 Å². The summed E-state index contributed by atoms with van der Waals surface area (Å²) in [4.78, 5) is 46.5. The largest absolute Gasteiger partial charge is 0.394 e. The van der Waals surface area contributed by atoms with E-state index in [9.17, 15) is 18.4 Å². The number of nitrogens with zero attached hydrogens (tertiary/aromatic N) is 5. The first-order valence-corrected chi connectivity index (χ1v) is 15.3. The third-order valence-corrected chi connectivity index (χ3v) is 6.98. The van der Waals surface area contributed by atoms with Crippen molar-refractivity contribution in [1.29, 1.82) is 0 Å². The van der Waals surface area contributed by atoms with Crippen molar-refractivity contribution in [3.63, 3.8) is 0 Å². The average Bonchev–Trinajstić information content (AvgIpc) is 3.71. The molecule has 6 aromatic rings.